The maximum Gasteiger partial charge on any atom is 0.357 e. The van der Waals surface area contributed by atoms with Crippen molar-refractivity contribution >= 4 is 34.8 Å². The molecule has 1 heterocycles. The van der Waals surface area contributed by atoms with Crippen molar-refractivity contribution in [2.45, 2.75) is 19.9 Å². The third-order valence-electron chi connectivity index (χ3n) is 4.41. The summed E-state index contributed by atoms with van der Waals surface area (Å²) in [5.41, 5.74) is 1.08. The maximum atomic E-state index is 12.8. The van der Waals surface area contributed by atoms with Crippen LogP contribution in [0.5, 0.6) is 5.75 Å². The van der Waals surface area contributed by atoms with E-state index in [0.29, 0.717) is 17.5 Å². The first kappa shape index (κ1) is 22.0. The van der Waals surface area contributed by atoms with Crippen molar-refractivity contribution in [2.24, 2.45) is 0 Å². The molecule has 0 unspecified atom stereocenters. The molecule has 3 rings (SSSR count). The second-order valence-corrected chi connectivity index (χ2v) is 7.50. The van der Waals surface area contributed by atoms with Gasteiger partial charge in [-0.15, -0.1) is 11.3 Å². The highest BCUT2D eigenvalue weighted by atomic mass is 32.1. The first-order valence-corrected chi connectivity index (χ1v) is 10.5. The molecule has 0 aliphatic rings. The van der Waals surface area contributed by atoms with E-state index < -0.39 is 5.97 Å². The average Bonchev–Trinajstić information content (AvgIpc) is 3.09. The Morgan fingerprint density at radius 2 is 2.03 bits per heavy atom. The predicted octanol–water partition coefficient (Wildman–Crippen LogP) is 1.59. The molecule has 7 nitrogen and oxygen atoms in total. The van der Waals surface area contributed by atoms with Crippen molar-refractivity contribution in [1.29, 1.82) is 5.26 Å². The summed E-state index contributed by atoms with van der Waals surface area (Å²) in [6.07, 6.45) is 1.99. The van der Waals surface area contributed by atoms with Gasteiger partial charge in [0, 0.05) is 25.0 Å². The van der Waals surface area contributed by atoms with Crippen molar-refractivity contribution < 1.29 is 14.6 Å². The predicted molar refractivity (Wildman–Crippen MR) is 120 cm³/mol. The lowest BCUT2D eigenvalue weighted by Gasteiger charge is -2.05. The maximum absolute atomic E-state index is 12.8. The zero-order valence-corrected chi connectivity index (χ0v) is 17.7. The number of hydrogen-bond donors (Lipinski definition) is 2. The van der Waals surface area contributed by atoms with Crippen LogP contribution in [-0.2, 0) is 17.8 Å². The van der Waals surface area contributed by atoms with E-state index in [2.05, 4.69) is 5.32 Å². The van der Waals surface area contributed by atoms with Crippen molar-refractivity contribution in [3.05, 3.63) is 79.7 Å². The Morgan fingerprint density at radius 3 is 2.71 bits per heavy atom. The van der Waals surface area contributed by atoms with E-state index in [1.54, 1.807) is 37.4 Å². The Bertz CT molecular complexity index is 1290. The fourth-order valence-electron chi connectivity index (χ4n) is 2.91. The van der Waals surface area contributed by atoms with Gasteiger partial charge in [0.05, 0.1) is 0 Å². The van der Waals surface area contributed by atoms with Crippen molar-refractivity contribution in [3.63, 3.8) is 0 Å². The van der Waals surface area contributed by atoms with Crippen molar-refractivity contribution in [1.82, 2.24) is 4.57 Å². The number of rotatable bonds is 7. The summed E-state index contributed by atoms with van der Waals surface area (Å²) in [7, 11) is 0. The molecule has 0 amide bonds. The van der Waals surface area contributed by atoms with Crippen LogP contribution in [-0.4, -0.2) is 22.2 Å². The van der Waals surface area contributed by atoms with Crippen LogP contribution in [0.1, 0.15) is 12.5 Å². The summed E-state index contributed by atoms with van der Waals surface area (Å²) in [4.78, 5) is 25.5. The molecule has 2 aromatic carbocycles. The lowest BCUT2D eigenvalue weighted by molar-refractivity contribution is -0.127. The van der Waals surface area contributed by atoms with Gasteiger partial charge < -0.3 is 15.2 Å². The van der Waals surface area contributed by atoms with Crippen molar-refractivity contribution in [3.8, 4) is 11.8 Å². The van der Waals surface area contributed by atoms with Crippen LogP contribution < -0.4 is 24.8 Å². The molecule has 31 heavy (non-hydrogen) atoms. The lowest BCUT2D eigenvalue weighted by atomic mass is 10.1. The third kappa shape index (κ3) is 5.28. The smallest absolute Gasteiger partial charge is 0.357 e. The Labute approximate surface area is 182 Å². The summed E-state index contributed by atoms with van der Waals surface area (Å²) in [6.45, 7) is 2.04. The normalized spacial score (nSPS) is 12.2. The molecule has 158 valence electrons. The molecule has 0 aliphatic carbocycles. The van der Waals surface area contributed by atoms with Gasteiger partial charge in [-0.2, -0.15) is 5.26 Å². The molecule has 1 aromatic heterocycles. The molecular formula is C23H21N3O4S. The number of nitrogens with one attached hydrogen (secondary N) is 1. The zero-order valence-electron chi connectivity index (χ0n) is 16.9. The summed E-state index contributed by atoms with van der Waals surface area (Å²) >= 11 is 1.05. The molecule has 0 saturated carbocycles. The van der Waals surface area contributed by atoms with E-state index in [0.717, 1.165) is 22.6 Å². The highest BCUT2D eigenvalue weighted by Crippen LogP contribution is 2.15. The zero-order chi connectivity index (χ0) is 22.2. The quantitative estimate of drug-likeness (QED) is 0.432. The molecule has 0 bridgehead atoms. The number of ether oxygens (including phenoxy) is 1. The van der Waals surface area contributed by atoms with Crippen LogP contribution in [0.15, 0.2) is 59.4 Å². The molecular weight excluding hydrogens is 414 g/mol. The van der Waals surface area contributed by atoms with Gasteiger partial charge in [-0.1, -0.05) is 30.3 Å². The standard InChI is InChI=1S/C23H21N3O4S/c1-2-26-21(28)20(15-25-17-8-4-3-5-9-17)31-22(26)19(14-24)23(29)30-18-10-6-7-16(13-18)11-12-27/h3-10,13,15,25,27H,2,11-12H2,1H3/b20-15+,22-19-. The van der Waals surface area contributed by atoms with E-state index in [4.69, 9.17) is 9.84 Å². The van der Waals surface area contributed by atoms with Crippen molar-refractivity contribution in [2.75, 3.05) is 11.9 Å². The average molecular weight is 436 g/mol. The minimum Gasteiger partial charge on any atom is -0.422 e. The summed E-state index contributed by atoms with van der Waals surface area (Å²) in [5.74, 6) is -0.571. The minimum absolute atomic E-state index is 0.0266. The lowest BCUT2D eigenvalue weighted by Crippen LogP contribution is -2.33. The number of carbonyl (C=O) groups excluding carboxylic acids is 1. The van der Waals surface area contributed by atoms with Crippen LogP contribution in [0.3, 0.4) is 0 Å². The van der Waals surface area contributed by atoms with Gasteiger partial charge in [-0.25, -0.2) is 4.79 Å². The molecule has 8 heteroatoms. The van der Waals surface area contributed by atoms with E-state index in [9.17, 15) is 14.9 Å². The van der Waals surface area contributed by atoms with Gasteiger partial charge in [0.1, 0.15) is 21.0 Å². The number of nitrogens with zero attached hydrogens (tertiary/aromatic N) is 2. The highest BCUT2D eigenvalue weighted by molar-refractivity contribution is 7.07. The van der Waals surface area contributed by atoms with Gasteiger partial charge in [-0.3, -0.25) is 9.36 Å². The monoisotopic (exact) mass is 435 g/mol. The number of nitriles is 1. The fourth-order valence-corrected chi connectivity index (χ4v) is 3.99. The van der Waals surface area contributed by atoms with Gasteiger partial charge in [0.25, 0.3) is 5.56 Å². The Morgan fingerprint density at radius 1 is 1.26 bits per heavy atom. The Hall–Kier alpha value is -3.67. The van der Waals surface area contributed by atoms with Crippen LogP contribution in [0, 0.1) is 11.3 Å². The SMILES string of the molecule is CCn1c(=O)/c(=C\Nc2ccccc2)s/c1=C(/C#N)C(=O)Oc1cccc(CCO)c1. The number of carbonyl (C=O) groups is 1. The summed E-state index contributed by atoms with van der Waals surface area (Å²) in [6, 6.07) is 18.0. The molecule has 0 spiro atoms. The molecule has 0 saturated heterocycles. The van der Waals surface area contributed by atoms with Gasteiger partial charge in [0.2, 0.25) is 0 Å². The number of benzene rings is 2. The topological polar surface area (TPSA) is 104 Å². The number of thiazole rings is 1. The number of hydrogen-bond acceptors (Lipinski definition) is 7. The molecule has 0 atom stereocenters. The number of aliphatic hydroxyl groups is 1. The summed E-state index contributed by atoms with van der Waals surface area (Å²) < 4.78 is 7.36. The fraction of sp³-hybridized carbons (Fsp3) is 0.174. The van der Waals surface area contributed by atoms with Crippen LogP contribution in [0.2, 0.25) is 0 Å². The molecule has 2 N–H and O–H groups in total. The second-order valence-electron chi connectivity index (χ2n) is 6.47. The Balaban J connectivity index is 2.00. The van der Waals surface area contributed by atoms with Gasteiger partial charge >= 0.3 is 5.97 Å². The number of aromatic nitrogens is 1. The minimum atomic E-state index is -0.838. The van der Waals surface area contributed by atoms with Crippen LogP contribution in [0.25, 0.3) is 11.8 Å². The van der Waals surface area contributed by atoms with Crippen LogP contribution in [0.4, 0.5) is 5.69 Å². The first-order chi connectivity index (χ1) is 15.1. The van der Waals surface area contributed by atoms with E-state index >= 15 is 0 Å². The van der Waals surface area contributed by atoms with Gasteiger partial charge in [0.15, 0.2) is 5.57 Å². The van der Waals surface area contributed by atoms with E-state index in [1.165, 1.54) is 4.57 Å². The number of para-hydroxylation sites is 1. The van der Waals surface area contributed by atoms with Gasteiger partial charge in [-0.05, 0) is 43.2 Å². The number of esters is 1. The molecule has 0 radical (unpaired) electrons. The second kappa shape index (κ2) is 10.4. The molecule has 0 aliphatic heterocycles. The molecule has 0 fully saturated rings. The highest BCUT2D eigenvalue weighted by Gasteiger charge is 2.17. The number of anilines is 1. The third-order valence-corrected chi connectivity index (χ3v) is 5.54. The molecule has 3 aromatic rings. The number of aliphatic hydroxyl groups excluding tert-OH is 1. The Kier molecular flexibility index (Phi) is 7.38. The first-order valence-electron chi connectivity index (χ1n) is 9.65. The van der Waals surface area contributed by atoms with E-state index in [-0.39, 0.29) is 28.2 Å². The van der Waals surface area contributed by atoms with E-state index in [1.807, 2.05) is 36.4 Å². The summed E-state index contributed by atoms with van der Waals surface area (Å²) in [5, 5.41) is 21.8. The van der Waals surface area contributed by atoms with Crippen LogP contribution >= 0.6 is 11.3 Å². The largest absolute Gasteiger partial charge is 0.422 e.